The molecule has 2 aromatic carbocycles. The first kappa shape index (κ1) is 10.7. The van der Waals surface area contributed by atoms with Gasteiger partial charge in [0.2, 0.25) is 0 Å². The Morgan fingerprint density at radius 1 is 0.938 bits per heavy atom. The molecule has 0 bridgehead atoms. The van der Waals surface area contributed by atoms with Gasteiger partial charge in [0.25, 0.3) is 0 Å². The number of hydrogen-bond donors (Lipinski definition) is 0. The van der Waals surface area contributed by atoms with Crippen LogP contribution in [0.25, 0.3) is 0 Å². The van der Waals surface area contributed by atoms with Crippen molar-refractivity contribution in [2.45, 2.75) is 6.42 Å². The van der Waals surface area contributed by atoms with Crippen LogP contribution in [0.3, 0.4) is 0 Å². The molecular weight excluding hydrogens is 203 g/mol. The van der Waals surface area contributed by atoms with Gasteiger partial charge in [-0.05, 0) is 29.8 Å². The zero-order chi connectivity index (χ0) is 11.2. The molecule has 0 radical (unpaired) electrons. The smallest absolute Gasteiger partial charge is 0.123 e. The van der Waals surface area contributed by atoms with Gasteiger partial charge < -0.3 is 4.74 Å². The van der Waals surface area contributed by atoms with Crippen LogP contribution in [0.2, 0.25) is 0 Å². The molecule has 16 heavy (non-hydrogen) atoms. The first-order chi connectivity index (χ1) is 7.84. The highest BCUT2D eigenvalue weighted by Gasteiger charge is 1.96. The van der Waals surface area contributed by atoms with E-state index in [2.05, 4.69) is 0 Å². The molecule has 0 fully saturated rings. The van der Waals surface area contributed by atoms with Crippen molar-refractivity contribution in [3.8, 4) is 5.75 Å². The van der Waals surface area contributed by atoms with E-state index in [1.165, 1.54) is 12.1 Å². The van der Waals surface area contributed by atoms with Crippen LogP contribution in [0.1, 0.15) is 5.56 Å². The maximum absolute atomic E-state index is 12.9. The molecule has 0 heterocycles. The van der Waals surface area contributed by atoms with E-state index in [9.17, 15) is 4.39 Å². The van der Waals surface area contributed by atoms with Gasteiger partial charge in [-0.2, -0.15) is 0 Å². The number of ether oxygens (including phenoxy) is 1. The van der Waals surface area contributed by atoms with Gasteiger partial charge in [0.15, 0.2) is 0 Å². The molecule has 2 rings (SSSR count). The van der Waals surface area contributed by atoms with Crippen molar-refractivity contribution in [3.63, 3.8) is 0 Å². The summed E-state index contributed by atoms with van der Waals surface area (Å²) in [5.41, 5.74) is 0.955. The van der Waals surface area contributed by atoms with E-state index in [4.69, 9.17) is 4.74 Å². The Morgan fingerprint density at radius 3 is 2.50 bits per heavy atom. The Bertz CT molecular complexity index is 439. The first-order valence-electron chi connectivity index (χ1n) is 5.27. The summed E-state index contributed by atoms with van der Waals surface area (Å²) in [6.45, 7) is 0.563. The highest BCUT2D eigenvalue weighted by molar-refractivity contribution is 5.21. The molecule has 82 valence electrons. The Balaban J connectivity index is 1.85. The number of para-hydroxylation sites is 1. The SMILES string of the molecule is Fc1cccc(CCOc2ccccc2)c1. The average Bonchev–Trinajstić information content (AvgIpc) is 2.30. The molecule has 0 amide bonds. The highest BCUT2D eigenvalue weighted by atomic mass is 19.1. The second kappa shape index (κ2) is 5.31. The zero-order valence-corrected chi connectivity index (χ0v) is 8.90. The van der Waals surface area contributed by atoms with Crippen LogP contribution in [0.4, 0.5) is 4.39 Å². The van der Waals surface area contributed by atoms with Crippen LogP contribution in [0, 0.1) is 5.82 Å². The van der Waals surface area contributed by atoms with E-state index in [1.807, 2.05) is 36.4 Å². The van der Waals surface area contributed by atoms with Crippen LogP contribution in [-0.4, -0.2) is 6.61 Å². The lowest BCUT2D eigenvalue weighted by molar-refractivity contribution is 0.322. The molecule has 0 aromatic heterocycles. The number of rotatable bonds is 4. The topological polar surface area (TPSA) is 9.23 Å². The molecule has 0 spiro atoms. The second-order valence-electron chi connectivity index (χ2n) is 3.54. The van der Waals surface area contributed by atoms with Crippen LogP contribution < -0.4 is 4.74 Å². The number of halogens is 1. The Kier molecular flexibility index (Phi) is 3.54. The Morgan fingerprint density at radius 2 is 1.75 bits per heavy atom. The molecule has 1 nitrogen and oxygen atoms in total. The molecule has 0 atom stereocenters. The number of hydrogen-bond acceptors (Lipinski definition) is 1. The standard InChI is InChI=1S/C14H13FO/c15-13-6-4-5-12(11-13)9-10-16-14-7-2-1-3-8-14/h1-8,11H,9-10H2. The molecule has 0 saturated heterocycles. The van der Waals surface area contributed by atoms with Gasteiger partial charge in [0.1, 0.15) is 11.6 Å². The minimum atomic E-state index is -0.197. The fourth-order valence-corrected chi connectivity index (χ4v) is 1.50. The van der Waals surface area contributed by atoms with Crippen LogP contribution >= 0.6 is 0 Å². The third-order valence-corrected chi connectivity index (χ3v) is 2.29. The highest BCUT2D eigenvalue weighted by Crippen LogP contribution is 2.10. The van der Waals surface area contributed by atoms with Gasteiger partial charge in [-0.1, -0.05) is 30.3 Å². The minimum absolute atomic E-state index is 0.197. The van der Waals surface area contributed by atoms with E-state index in [0.29, 0.717) is 13.0 Å². The van der Waals surface area contributed by atoms with Crippen molar-refractivity contribution in [1.82, 2.24) is 0 Å². The summed E-state index contributed by atoms with van der Waals surface area (Å²) in [6, 6.07) is 16.2. The maximum atomic E-state index is 12.9. The van der Waals surface area contributed by atoms with Crippen molar-refractivity contribution < 1.29 is 9.13 Å². The third kappa shape index (κ3) is 3.09. The van der Waals surface area contributed by atoms with E-state index in [1.54, 1.807) is 6.07 Å². The summed E-state index contributed by atoms with van der Waals surface area (Å²) in [5, 5.41) is 0. The largest absolute Gasteiger partial charge is 0.493 e. The maximum Gasteiger partial charge on any atom is 0.123 e. The molecule has 0 N–H and O–H groups in total. The number of benzene rings is 2. The predicted octanol–water partition coefficient (Wildman–Crippen LogP) is 3.45. The molecule has 2 aromatic rings. The summed E-state index contributed by atoms with van der Waals surface area (Å²) in [6.07, 6.45) is 0.715. The fourth-order valence-electron chi connectivity index (χ4n) is 1.50. The normalized spacial score (nSPS) is 10.1. The minimum Gasteiger partial charge on any atom is -0.493 e. The average molecular weight is 216 g/mol. The Labute approximate surface area is 94.5 Å². The van der Waals surface area contributed by atoms with Crippen molar-refractivity contribution >= 4 is 0 Å². The van der Waals surface area contributed by atoms with Gasteiger partial charge in [-0.15, -0.1) is 0 Å². The second-order valence-corrected chi connectivity index (χ2v) is 3.54. The molecule has 0 aliphatic heterocycles. The molecule has 0 aliphatic rings. The van der Waals surface area contributed by atoms with E-state index in [-0.39, 0.29) is 5.82 Å². The van der Waals surface area contributed by atoms with Crippen molar-refractivity contribution in [2.75, 3.05) is 6.61 Å². The molecule has 0 saturated carbocycles. The van der Waals surface area contributed by atoms with Crippen LogP contribution in [0.5, 0.6) is 5.75 Å². The van der Waals surface area contributed by atoms with Gasteiger partial charge in [-0.3, -0.25) is 0 Å². The fraction of sp³-hybridized carbons (Fsp3) is 0.143. The summed E-state index contributed by atoms with van der Waals surface area (Å²) >= 11 is 0. The van der Waals surface area contributed by atoms with Crippen molar-refractivity contribution in [1.29, 1.82) is 0 Å². The van der Waals surface area contributed by atoms with E-state index in [0.717, 1.165) is 11.3 Å². The first-order valence-corrected chi connectivity index (χ1v) is 5.27. The van der Waals surface area contributed by atoms with Crippen LogP contribution in [-0.2, 0) is 6.42 Å². The third-order valence-electron chi connectivity index (χ3n) is 2.29. The predicted molar refractivity (Wildman–Crippen MR) is 62.0 cm³/mol. The van der Waals surface area contributed by atoms with Gasteiger partial charge in [0, 0.05) is 6.42 Å². The quantitative estimate of drug-likeness (QED) is 0.760. The molecule has 0 aliphatic carbocycles. The monoisotopic (exact) mass is 216 g/mol. The van der Waals surface area contributed by atoms with E-state index < -0.39 is 0 Å². The summed E-state index contributed by atoms with van der Waals surface area (Å²) in [4.78, 5) is 0. The molecule has 0 unspecified atom stereocenters. The summed E-state index contributed by atoms with van der Waals surface area (Å²) < 4.78 is 18.4. The lowest BCUT2D eigenvalue weighted by atomic mass is 10.1. The van der Waals surface area contributed by atoms with Crippen LogP contribution in [0.15, 0.2) is 54.6 Å². The van der Waals surface area contributed by atoms with Gasteiger partial charge >= 0.3 is 0 Å². The lowest BCUT2D eigenvalue weighted by Crippen LogP contribution is -2.01. The molecular formula is C14H13FO. The van der Waals surface area contributed by atoms with E-state index >= 15 is 0 Å². The summed E-state index contributed by atoms with van der Waals surface area (Å²) in [7, 11) is 0. The zero-order valence-electron chi connectivity index (χ0n) is 8.90. The lowest BCUT2D eigenvalue weighted by Gasteiger charge is -2.05. The molecule has 2 heteroatoms. The van der Waals surface area contributed by atoms with Gasteiger partial charge in [-0.25, -0.2) is 4.39 Å². The van der Waals surface area contributed by atoms with Gasteiger partial charge in [0.05, 0.1) is 6.61 Å². The summed E-state index contributed by atoms with van der Waals surface area (Å²) in [5.74, 6) is 0.649. The van der Waals surface area contributed by atoms with Crippen molar-refractivity contribution in [2.24, 2.45) is 0 Å². The van der Waals surface area contributed by atoms with Crippen molar-refractivity contribution in [3.05, 3.63) is 66.0 Å². The Hall–Kier alpha value is -1.83.